The van der Waals surface area contributed by atoms with Gasteiger partial charge < -0.3 is 9.47 Å². The number of amides is 1. The number of carbonyl (C=O) groups excluding carboxylic acids is 2. The van der Waals surface area contributed by atoms with Gasteiger partial charge in [0.25, 0.3) is 0 Å². The van der Waals surface area contributed by atoms with Crippen molar-refractivity contribution in [3.63, 3.8) is 0 Å². The van der Waals surface area contributed by atoms with E-state index in [1.807, 2.05) is 0 Å². The molecule has 0 aromatic heterocycles. The topological polar surface area (TPSA) is 93.2 Å². The molecule has 2 atom stereocenters. The van der Waals surface area contributed by atoms with Crippen molar-refractivity contribution in [1.29, 1.82) is 0 Å². The zero-order valence-corrected chi connectivity index (χ0v) is 14.8. The molecule has 0 aliphatic carbocycles. The van der Waals surface area contributed by atoms with Gasteiger partial charge in [-0.25, -0.2) is 18.0 Å². The molecule has 23 heavy (non-hydrogen) atoms. The molecule has 132 valence electrons. The molecule has 2 aliphatic heterocycles. The van der Waals surface area contributed by atoms with E-state index in [4.69, 9.17) is 9.47 Å². The lowest BCUT2D eigenvalue weighted by molar-refractivity contribution is -0.145. The van der Waals surface area contributed by atoms with E-state index in [1.54, 1.807) is 20.8 Å². The Morgan fingerprint density at radius 3 is 2.35 bits per heavy atom. The summed E-state index contributed by atoms with van der Waals surface area (Å²) < 4.78 is 35.6. The Labute approximate surface area is 136 Å². The zero-order chi connectivity index (χ0) is 17.4. The summed E-state index contributed by atoms with van der Waals surface area (Å²) in [6, 6.07) is -1.24. The number of hydrogen-bond donors (Lipinski definition) is 0. The van der Waals surface area contributed by atoms with Crippen molar-refractivity contribution in [1.82, 2.24) is 9.21 Å². The predicted molar refractivity (Wildman–Crippen MR) is 82.3 cm³/mol. The van der Waals surface area contributed by atoms with Crippen LogP contribution in [0, 0.1) is 0 Å². The third-order valence-corrected chi connectivity index (χ3v) is 5.93. The van der Waals surface area contributed by atoms with Crippen molar-refractivity contribution in [3.8, 4) is 0 Å². The molecule has 1 amide bonds. The molecule has 2 aliphatic rings. The van der Waals surface area contributed by atoms with Crippen LogP contribution in [0.5, 0.6) is 0 Å². The van der Waals surface area contributed by atoms with Gasteiger partial charge in [-0.1, -0.05) is 0 Å². The summed E-state index contributed by atoms with van der Waals surface area (Å²) in [6.07, 6.45) is 0.159. The van der Waals surface area contributed by atoms with Gasteiger partial charge in [-0.05, 0) is 33.6 Å². The molecule has 2 saturated heterocycles. The highest BCUT2D eigenvalue weighted by Crippen LogP contribution is 2.29. The van der Waals surface area contributed by atoms with E-state index in [-0.39, 0.29) is 18.7 Å². The van der Waals surface area contributed by atoms with Crippen molar-refractivity contribution in [2.45, 2.75) is 51.3 Å². The van der Waals surface area contributed by atoms with Gasteiger partial charge in [-0.3, -0.25) is 4.90 Å². The second-order valence-electron chi connectivity index (χ2n) is 6.84. The van der Waals surface area contributed by atoms with Crippen LogP contribution in [0.15, 0.2) is 0 Å². The smallest absolute Gasteiger partial charge is 0.411 e. The van der Waals surface area contributed by atoms with E-state index in [9.17, 15) is 18.0 Å². The lowest BCUT2D eigenvalue weighted by Gasteiger charge is -2.27. The quantitative estimate of drug-likeness (QED) is 0.678. The van der Waals surface area contributed by atoms with Crippen LogP contribution >= 0.6 is 0 Å². The zero-order valence-electron chi connectivity index (χ0n) is 13.9. The van der Waals surface area contributed by atoms with Gasteiger partial charge in [0, 0.05) is 19.1 Å². The summed E-state index contributed by atoms with van der Waals surface area (Å²) in [6.45, 7) is 5.75. The molecule has 8 nitrogen and oxygen atoms in total. The summed E-state index contributed by atoms with van der Waals surface area (Å²) in [5, 5.41) is 0. The van der Waals surface area contributed by atoms with E-state index in [0.717, 1.165) is 0 Å². The summed E-state index contributed by atoms with van der Waals surface area (Å²) in [4.78, 5) is 25.6. The first-order chi connectivity index (χ1) is 10.5. The number of esters is 1. The molecular weight excluding hydrogens is 324 g/mol. The first kappa shape index (κ1) is 18.0. The van der Waals surface area contributed by atoms with E-state index in [1.165, 1.54) is 16.3 Å². The van der Waals surface area contributed by atoms with Crippen molar-refractivity contribution in [2.75, 3.05) is 26.0 Å². The number of nitrogens with zero attached hydrogens (tertiary/aromatic N) is 2. The lowest BCUT2D eigenvalue weighted by atomic mass is 10.1. The van der Waals surface area contributed by atoms with Crippen LogP contribution in [-0.2, 0) is 24.3 Å². The SMILES string of the molecule is COC(=O)[C@H]1C[C@H](N2CCCS2(=O)=O)CN1C(=O)OC(C)(C)C. The number of hydrogen-bond acceptors (Lipinski definition) is 6. The summed E-state index contributed by atoms with van der Waals surface area (Å²) in [5.41, 5.74) is -0.699. The van der Waals surface area contributed by atoms with Gasteiger partial charge in [0.15, 0.2) is 0 Å². The summed E-state index contributed by atoms with van der Waals surface area (Å²) in [5.74, 6) is -0.450. The predicted octanol–water partition coefficient (Wildman–Crippen LogP) is 0.573. The fraction of sp³-hybridized carbons (Fsp3) is 0.857. The average molecular weight is 348 g/mol. The molecule has 2 rings (SSSR count). The molecule has 0 N–H and O–H groups in total. The monoisotopic (exact) mass is 348 g/mol. The molecule has 0 saturated carbocycles. The van der Waals surface area contributed by atoms with Crippen LogP contribution in [0.2, 0.25) is 0 Å². The van der Waals surface area contributed by atoms with Crippen LogP contribution in [0.4, 0.5) is 4.79 Å². The van der Waals surface area contributed by atoms with Crippen molar-refractivity contribution in [2.24, 2.45) is 0 Å². The molecule has 2 heterocycles. The number of rotatable bonds is 2. The average Bonchev–Trinajstić information content (AvgIpc) is 2.98. The van der Waals surface area contributed by atoms with Gasteiger partial charge >= 0.3 is 12.1 Å². The van der Waals surface area contributed by atoms with Crippen molar-refractivity contribution >= 4 is 22.1 Å². The minimum absolute atomic E-state index is 0.110. The summed E-state index contributed by atoms with van der Waals surface area (Å²) in [7, 11) is -2.06. The van der Waals surface area contributed by atoms with Crippen LogP contribution in [-0.4, -0.2) is 73.3 Å². The Kier molecular flexibility index (Phi) is 4.91. The molecule has 0 bridgehead atoms. The van der Waals surface area contributed by atoms with Crippen LogP contribution in [0.25, 0.3) is 0 Å². The lowest BCUT2D eigenvalue weighted by Crippen LogP contribution is -2.44. The number of likely N-dealkylation sites (tertiary alicyclic amines) is 1. The first-order valence-electron chi connectivity index (χ1n) is 7.62. The molecule has 0 aromatic rings. The van der Waals surface area contributed by atoms with Crippen LogP contribution in [0.1, 0.15) is 33.6 Å². The van der Waals surface area contributed by atoms with Crippen LogP contribution in [0.3, 0.4) is 0 Å². The van der Waals surface area contributed by atoms with Crippen molar-refractivity contribution < 1.29 is 27.5 Å². The fourth-order valence-corrected chi connectivity index (χ4v) is 4.72. The van der Waals surface area contributed by atoms with Crippen molar-refractivity contribution in [3.05, 3.63) is 0 Å². The minimum Gasteiger partial charge on any atom is -0.467 e. The van der Waals surface area contributed by atoms with Crippen LogP contribution < -0.4 is 0 Å². The van der Waals surface area contributed by atoms with E-state index in [2.05, 4.69) is 0 Å². The van der Waals surface area contributed by atoms with E-state index in [0.29, 0.717) is 13.0 Å². The number of methoxy groups -OCH3 is 1. The molecule has 0 unspecified atom stereocenters. The normalized spacial score (nSPS) is 27.9. The third kappa shape index (κ3) is 3.95. The Morgan fingerprint density at radius 1 is 1.22 bits per heavy atom. The Bertz CT molecular complexity index is 583. The highest BCUT2D eigenvalue weighted by Gasteiger charge is 2.47. The van der Waals surface area contributed by atoms with Gasteiger partial charge in [0.05, 0.1) is 12.9 Å². The molecular formula is C14H24N2O6S. The highest BCUT2D eigenvalue weighted by molar-refractivity contribution is 7.89. The summed E-state index contributed by atoms with van der Waals surface area (Å²) >= 11 is 0. The number of sulfonamides is 1. The second-order valence-corrected chi connectivity index (χ2v) is 8.88. The minimum atomic E-state index is -3.31. The molecule has 0 aromatic carbocycles. The maximum Gasteiger partial charge on any atom is 0.411 e. The molecule has 9 heteroatoms. The highest BCUT2D eigenvalue weighted by atomic mass is 32.2. The van der Waals surface area contributed by atoms with Gasteiger partial charge in [-0.2, -0.15) is 4.31 Å². The van der Waals surface area contributed by atoms with Gasteiger partial charge in [-0.15, -0.1) is 0 Å². The molecule has 2 fully saturated rings. The number of carbonyl (C=O) groups is 2. The maximum atomic E-state index is 12.3. The molecule has 0 radical (unpaired) electrons. The Balaban J connectivity index is 2.19. The van der Waals surface area contributed by atoms with Gasteiger partial charge in [0.2, 0.25) is 10.0 Å². The molecule has 0 spiro atoms. The second kappa shape index (κ2) is 6.27. The number of ether oxygens (including phenoxy) is 2. The third-order valence-electron chi connectivity index (χ3n) is 3.93. The Hall–Kier alpha value is -1.35. The largest absolute Gasteiger partial charge is 0.467 e. The fourth-order valence-electron chi connectivity index (χ4n) is 2.97. The van der Waals surface area contributed by atoms with E-state index >= 15 is 0 Å². The Morgan fingerprint density at radius 2 is 1.87 bits per heavy atom. The maximum absolute atomic E-state index is 12.3. The standard InChI is InChI=1S/C14H24N2O6S/c1-14(2,3)22-13(18)15-9-10(8-11(15)12(17)21-4)16-6-5-7-23(16,19)20/h10-11H,5-9H2,1-4H3/t10-,11+/m0/s1. The first-order valence-corrected chi connectivity index (χ1v) is 9.23. The van der Waals surface area contributed by atoms with E-state index < -0.39 is 39.8 Å². The van der Waals surface area contributed by atoms with Gasteiger partial charge in [0.1, 0.15) is 11.6 Å².